The summed E-state index contributed by atoms with van der Waals surface area (Å²) in [7, 11) is 0. The maximum Gasteiger partial charge on any atom is 0.0346 e. The number of hydrogen-bond acceptors (Lipinski definition) is 0. The molecule has 0 saturated heterocycles. The van der Waals surface area contributed by atoms with E-state index >= 15 is 0 Å². The summed E-state index contributed by atoms with van der Waals surface area (Å²) in [6.45, 7) is 18.9. The van der Waals surface area contributed by atoms with Gasteiger partial charge in [0.1, 0.15) is 0 Å². The number of rotatable bonds is 24. The molecule has 0 heterocycles. The van der Waals surface area contributed by atoms with E-state index in [-0.39, 0.29) is 0 Å². The molecule has 0 aliphatic heterocycles. The summed E-state index contributed by atoms with van der Waals surface area (Å²) in [5.74, 6) is 14.7. The van der Waals surface area contributed by atoms with Gasteiger partial charge >= 0.3 is 0 Å². The van der Waals surface area contributed by atoms with E-state index in [0.29, 0.717) is 0 Å². The molecule has 0 heteroatoms. The Bertz CT molecular complexity index is 1360. The highest BCUT2D eigenvalue weighted by Gasteiger charge is 2.31. The molecule has 0 unspecified atom stereocenters. The molecule has 0 amide bonds. The molecule has 0 bridgehead atoms. The van der Waals surface area contributed by atoms with Crippen LogP contribution in [0.15, 0.2) is 0 Å². The lowest BCUT2D eigenvalue weighted by atomic mass is 9.69. The van der Waals surface area contributed by atoms with Crippen molar-refractivity contribution in [3.05, 3.63) is 66.8 Å². The van der Waals surface area contributed by atoms with E-state index in [1.54, 1.807) is 66.8 Å². The molecule has 0 spiro atoms. The van der Waals surface area contributed by atoms with Crippen molar-refractivity contribution in [3.63, 3.8) is 0 Å². The molecule has 0 nitrogen and oxygen atoms in total. The molecule has 1 aliphatic carbocycles. The third kappa shape index (κ3) is 12.3. The van der Waals surface area contributed by atoms with Crippen LogP contribution in [0.25, 0.3) is 0 Å². The Labute approximate surface area is 324 Å². The van der Waals surface area contributed by atoms with Crippen LogP contribution in [0.1, 0.15) is 238 Å². The van der Waals surface area contributed by atoms with Gasteiger partial charge < -0.3 is 0 Å². The normalized spacial score (nSPS) is 11.8. The van der Waals surface area contributed by atoms with Gasteiger partial charge in [-0.2, -0.15) is 0 Å². The van der Waals surface area contributed by atoms with Gasteiger partial charge in [0.2, 0.25) is 0 Å². The smallest absolute Gasteiger partial charge is 0.0346 e. The van der Waals surface area contributed by atoms with Crippen molar-refractivity contribution in [1.29, 1.82) is 0 Å². The first-order chi connectivity index (χ1) is 25.6. The van der Waals surface area contributed by atoms with Gasteiger partial charge in [-0.25, -0.2) is 0 Å². The number of benzene rings is 2. The SMILES string of the molecule is CCCCC#CCc1c(CC#CCCCC)c(CCCC)c2c(c1CCCC)Cc1c(CCCC)c(CCCC)c(CCCC)c(CCCC)c1C2. The highest BCUT2D eigenvalue weighted by atomic mass is 14.4. The summed E-state index contributed by atoms with van der Waals surface area (Å²) in [5, 5.41) is 0. The van der Waals surface area contributed by atoms with Gasteiger partial charge in [-0.1, -0.05) is 119 Å². The Morgan fingerprint density at radius 1 is 0.288 bits per heavy atom. The summed E-state index contributed by atoms with van der Waals surface area (Å²) in [6, 6.07) is 0. The number of unbranched alkanes of at least 4 members (excludes halogenated alkanes) is 10. The first kappa shape index (κ1) is 44.0. The fraction of sp³-hybridized carbons (Fsp3) is 0.692. The van der Waals surface area contributed by atoms with Crippen molar-refractivity contribution in [2.24, 2.45) is 0 Å². The van der Waals surface area contributed by atoms with E-state index in [1.165, 1.54) is 141 Å². The Morgan fingerprint density at radius 2 is 0.538 bits per heavy atom. The maximum atomic E-state index is 3.75. The minimum atomic E-state index is 0.899. The third-order valence-electron chi connectivity index (χ3n) is 11.9. The van der Waals surface area contributed by atoms with Gasteiger partial charge in [0.15, 0.2) is 0 Å². The highest BCUT2D eigenvalue weighted by Crippen LogP contribution is 2.43. The lowest BCUT2D eigenvalue weighted by Crippen LogP contribution is -2.23. The summed E-state index contributed by atoms with van der Waals surface area (Å²) in [4.78, 5) is 0. The van der Waals surface area contributed by atoms with Crippen molar-refractivity contribution in [2.45, 2.75) is 235 Å². The molecule has 0 radical (unpaired) electrons. The summed E-state index contributed by atoms with van der Waals surface area (Å²) >= 11 is 0. The third-order valence-corrected chi connectivity index (χ3v) is 11.9. The Balaban J connectivity index is 2.46. The standard InChI is InChI=1S/C52H80/c1-9-17-25-27-29-37-43-44(38-30-28-26-18-10-2)48(36-24-16-8)52-40-50-46(34-22-14-6)42(32-20-12-4)41(31-19-11-3)45(33-21-13-5)49(50)39-51(52)47(43)35-23-15-7/h9-26,31-40H2,1-8H3. The van der Waals surface area contributed by atoms with Gasteiger partial charge in [0.25, 0.3) is 0 Å². The van der Waals surface area contributed by atoms with Gasteiger partial charge in [-0.05, 0) is 169 Å². The average Bonchev–Trinajstić information content (AvgIpc) is 3.16. The molecule has 0 aromatic heterocycles. The number of hydrogen-bond donors (Lipinski definition) is 0. The second-order valence-corrected chi connectivity index (χ2v) is 16.0. The molecule has 0 N–H and O–H groups in total. The summed E-state index contributed by atoms with van der Waals surface area (Å²) < 4.78 is 0. The summed E-state index contributed by atoms with van der Waals surface area (Å²) in [6.07, 6.45) is 33.7. The maximum absolute atomic E-state index is 3.75. The Hall–Kier alpha value is -2.44. The van der Waals surface area contributed by atoms with E-state index in [2.05, 4.69) is 79.1 Å². The van der Waals surface area contributed by atoms with Crippen molar-refractivity contribution in [2.75, 3.05) is 0 Å². The zero-order valence-electron chi connectivity index (χ0n) is 35.8. The fourth-order valence-electron chi connectivity index (χ4n) is 8.76. The Kier molecular flexibility index (Phi) is 21.6. The zero-order valence-corrected chi connectivity index (χ0v) is 35.8. The Morgan fingerprint density at radius 3 is 0.808 bits per heavy atom. The van der Waals surface area contributed by atoms with E-state index in [4.69, 9.17) is 0 Å². The zero-order chi connectivity index (χ0) is 37.6. The van der Waals surface area contributed by atoms with Crippen LogP contribution in [0.4, 0.5) is 0 Å². The molecule has 3 rings (SSSR count). The molecule has 0 atom stereocenters. The monoisotopic (exact) mass is 705 g/mol. The minimum Gasteiger partial charge on any atom is -0.103 e. The largest absolute Gasteiger partial charge is 0.103 e. The van der Waals surface area contributed by atoms with Gasteiger partial charge in [0.05, 0.1) is 0 Å². The molecular weight excluding hydrogens is 625 g/mol. The second kappa shape index (κ2) is 25.6. The molecule has 1 aliphatic rings. The van der Waals surface area contributed by atoms with Crippen molar-refractivity contribution in [1.82, 2.24) is 0 Å². The molecule has 288 valence electrons. The lowest BCUT2D eigenvalue weighted by Gasteiger charge is -2.35. The van der Waals surface area contributed by atoms with Gasteiger partial charge in [0, 0.05) is 25.7 Å². The van der Waals surface area contributed by atoms with Crippen molar-refractivity contribution < 1.29 is 0 Å². The predicted octanol–water partition coefficient (Wildman–Crippen LogP) is 14.7. The summed E-state index contributed by atoms with van der Waals surface area (Å²) in [5.41, 5.74) is 20.7. The van der Waals surface area contributed by atoms with Crippen LogP contribution in [-0.4, -0.2) is 0 Å². The fourth-order valence-corrected chi connectivity index (χ4v) is 8.76. The quantitative estimate of drug-likeness (QED) is 0.0643. The van der Waals surface area contributed by atoms with Gasteiger partial charge in [-0.3, -0.25) is 0 Å². The van der Waals surface area contributed by atoms with E-state index in [0.717, 1.165) is 38.5 Å². The topological polar surface area (TPSA) is 0 Å². The molecule has 2 aromatic carbocycles. The van der Waals surface area contributed by atoms with Crippen LogP contribution in [-0.2, 0) is 64.2 Å². The van der Waals surface area contributed by atoms with Crippen LogP contribution in [0.3, 0.4) is 0 Å². The molecule has 0 fully saturated rings. The van der Waals surface area contributed by atoms with Crippen LogP contribution in [0.5, 0.6) is 0 Å². The van der Waals surface area contributed by atoms with Crippen molar-refractivity contribution in [3.8, 4) is 23.7 Å². The van der Waals surface area contributed by atoms with Crippen LogP contribution < -0.4 is 0 Å². The van der Waals surface area contributed by atoms with Crippen LogP contribution >= 0.6 is 0 Å². The van der Waals surface area contributed by atoms with Gasteiger partial charge in [-0.15, -0.1) is 11.8 Å². The minimum absolute atomic E-state index is 0.899. The first-order valence-corrected chi connectivity index (χ1v) is 22.8. The lowest BCUT2D eigenvalue weighted by molar-refractivity contribution is 0.700. The first-order valence-electron chi connectivity index (χ1n) is 22.8. The average molecular weight is 705 g/mol. The van der Waals surface area contributed by atoms with Crippen LogP contribution in [0, 0.1) is 23.7 Å². The molecule has 52 heavy (non-hydrogen) atoms. The van der Waals surface area contributed by atoms with Crippen molar-refractivity contribution >= 4 is 0 Å². The predicted molar refractivity (Wildman–Crippen MR) is 232 cm³/mol. The van der Waals surface area contributed by atoms with E-state index in [1.807, 2.05) is 0 Å². The van der Waals surface area contributed by atoms with E-state index in [9.17, 15) is 0 Å². The molecule has 0 saturated carbocycles. The molecule has 2 aromatic rings. The number of fused-ring (bicyclic) bond motifs is 2. The van der Waals surface area contributed by atoms with Crippen LogP contribution in [0.2, 0.25) is 0 Å². The highest BCUT2D eigenvalue weighted by molar-refractivity contribution is 5.64. The second-order valence-electron chi connectivity index (χ2n) is 16.0. The van der Waals surface area contributed by atoms with E-state index < -0.39 is 0 Å². The molecular formula is C52H80.